The van der Waals surface area contributed by atoms with Crippen molar-refractivity contribution in [2.75, 3.05) is 43.2 Å². The molecule has 2 heterocycles. The van der Waals surface area contributed by atoms with Crippen LogP contribution in [0.1, 0.15) is 20.3 Å². The molecule has 12 heteroatoms. The number of benzene rings is 2. The third-order valence-electron chi connectivity index (χ3n) is 5.29. The molecule has 0 unspecified atom stereocenters. The van der Waals surface area contributed by atoms with E-state index in [2.05, 4.69) is 20.6 Å². The van der Waals surface area contributed by atoms with E-state index in [0.29, 0.717) is 53.5 Å². The van der Waals surface area contributed by atoms with Gasteiger partial charge in [-0.1, -0.05) is 0 Å². The molecule has 1 saturated heterocycles. The molecule has 1 aliphatic rings. The summed E-state index contributed by atoms with van der Waals surface area (Å²) < 4.78 is 48.2. The number of fused-ring (bicyclic) bond motifs is 1. The van der Waals surface area contributed by atoms with Crippen LogP contribution in [-0.2, 0) is 23.1 Å². The van der Waals surface area contributed by atoms with E-state index in [4.69, 9.17) is 18.5 Å². The quantitative estimate of drug-likeness (QED) is 0.342. The number of rotatable bonds is 11. The lowest BCUT2D eigenvalue weighted by molar-refractivity contribution is -0.114. The molecule has 0 saturated carbocycles. The van der Waals surface area contributed by atoms with Crippen LogP contribution in [0.25, 0.3) is 10.9 Å². The van der Waals surface area contributed by atoms with Crippen LogP contribution in [0.4, 0.5) is 21.6 Å². The van der Waals surface area contributed by atoms with E-state index in [9.17, 15) is 13.8 Å². The second kappa shape index (κ2) is 11.7. The fourth-order valence-corrected chi connectivity index (χ4v) is 5.20. The smallest absolute Gasteiger partial charge is 0.340 e. The van der Waals surface area contributed by atoms with Gasteiger partial charge in [-0.3, -0.25) is 9.36 Å². The molecule has 1 fully saturated rings. The normalized spacial score (nSPS) is 15.7. The van der Waals surface area contributed by atoms with Gasteiger partial charge < -0.3 is 29.2 Å². The summed E-state index contributed by atoms with van der Waals surface area (Å²) in [6.07, 6.45) is 1.46. The van der Waals surface area contributed by atoms with Crippen LogP contribution in [-0.4, -0.2) is 54.6 Å². The number of anilines is 3. The van der Waals surface area contributed by atoms with Crippen LogP contribution in [0.5, 0.6) is 5.75 Å². The highest BCUT2D eigenvalue weighted by atomic mass is 31.2. The topological polar surface area (TPSA) is 121 Å². The van der Waals surface area contributed by atoms with E-state index in [1.807, 2.05) is 0 Å². The summed E-state index contributed by atoms with van der Waals surface area (Å²) in [5.74, 6) is -0.0724. The Labute approximate surface area is 208 Å². The first-order valence-corrected chi connectivity index (χ1v) is 13.4. The van der Waals surface area contributed by atoms with Crippen LogP contribution >= 0.6 is 7.60 Å². The van der Waals surface area contributed by atoms with Gasteiger partial charge in [0.05, 0.1) is 37.6 Å². The molecule has 1 aromatic heterocycles. The summed E-state index contributed by atoms with van der Waals surface area (Å²) in [5.41, 5.74) is 1.53. The molecule has 3 aromatic rings. The molecule has 2 aromatic carbocycles. The van der Waals surface area contributed by atoms with Gasteiger partial charge in [-0.15, -0.1) is 0 Å². The number of carbonyl (C=O) groups is 1. The van der Waals surface area contributed by atoms with Crippen LogP contribution < -0.4 is 15.4 Å². The van der Waals surface area contributed by atoms with Gasteiger partial charge in [0.1, 0.15) is 36.0 Å². The average molecular weight is 518 g/mol. The average Bonchev–Trinajstić information content (AvgIpc) is 3.34. The molecule has 36 heavy (non-hydrogen) atoms. The Bertz CT molecular complexity index is 1240. The van der Waals surface area contributed by atoms with E-state index < -0.39 is 19.7 Å². The van der Waals surface area contributed by atoms with Crippen molar-refractivity contribution in [2.45, 2.75) is 26.4 Å². The Balaban J connectivity index is 1.67. The molecule has 2 N–H and O–H groups in total. The Kier molecular flexibility index (Phi) is 8.48. The first kappa shape index (κ1) is 26.0. The van der Waals surface area contributed by atoms with Crippen molar-refractivity contribution in [3.63, 3.8) is 0 Å². The Hall–Kier alpha value is -3.11. The number of hydrogen-bond donors (Lipinski definition) is 2. The van der Waals surface area contributed by atoms with E-state index in [-0.39, 0.29) is 25.1 Å². The van der Waals surface area contributed by atoms with Crippen molar-refractivity contribution >= 4 is 41.6 Å². The fourth-order valence-electron chi connectivity index (χ4n) is 3.72. The van der Waals surface area contributed by atoms with Crippen LogP contribution in [0.3, 0.4) is 0 Å². The zero-order valence-corrected chi connectivity index (χ0v) is 20.9. The Morgan fingerprint density at radius 3 is 2.58 bits per heavy atom. The van der Waals surface area contributed by atoms with E-state index >= 15 is 0 Å². The minimum atomic E-state index is -3.60. The molecule has 1 amide bonds. The molecule has 0 spiro atoms. The molecular weight excluding hydrogens is 490 g/mol. The monoisotopic (exact) mass is 518 g/mol. The van der Waals surface area contributed by atoms with Crippen molar-refractivity contribution in [1.29, 1.82) is 0 Å². The molecular formula is C24H28FN4O6P. The summed E-state index contributed by atoms with van der Waals surface area (Å²) in [6, 6.07) is 9.22. The minimum absolute atomic E-state index is 0.145. The van der Waals surface area contributed by atoms with Gasteiger partial charge >= 0.3 is 7.60 Å². The standard InChI is InChI=1S/C24H28FN4O6P/c1-3-33-36(31,34-4-2)14-23(30)29-21-11-19-20(12-22(21)35-18-9-10-32-13-18)26-15-27-24(19)28-17-7-5-16(25)6-8-17/h5-8,11-12,15,18H,3-4,9-10,13-14H2,1-2H3,(H,29,30)(H,26,27,28)/t18-/m0/s1. The molecule has 1 aliphatic heterocycles. The van der Waals surface area contributed by atoms with Crippen LogP contribution in [0.2, 0.25) is 0 Å². The maximum atomic E-state index is 13.3. The minimum Gasteiger partial charge on any atom is -0.486 e. The van der Waals surface area contributed by atoms with Gasteiger partial charge in [0.25, 0.3) is 0 Å². The molecule has 0 bridgehead atoms. The van der Waals surface area contributed by atoms with Crippen molar-refractivity contribution in [3.05, 3.63) is 48.5 Å². The zero-order valence-electron chi connectivity index (χ0n) is 20.0. The SMILES string of the molecule is CCOP(=O)(CC(=O)Nc1cc2c(Nc3ccc(F)cc3)ncnc2cc1O[C@H]1CCOC1)OCC. The van der Waals surface area contributed by atoms with E-state index in [1.54, 1.807) is 38.1 Å². The molecule has 192 valence electrons. The highest BCUT2D eigenvalue weighted by Gasteiger charge is 2.29. The van der Waals surface area contributed by atoms with Gasteiger partial charge in [0.2, 0.25) is 5.91 Å². The number of hydrogen-bond acceptors (Lipinski definition) is 9. The summed E-state index contributed by atoms with van der Waals surface area (Å²) in [6.45, 7) is 4.66. The third kappa shape index (κ3) is 6.55. The second-order valence-electron chi connectivity index (χ2n) is 7.98. The third-order valence-corrected chi connectivity index (χ3v) is 7.27. The maximum Gasteiger partial charge on any atom is 0.340 e. The number of amides is 1. The van der Waals surface area contributed by atoms with Gasteiger partial charge in [0, 0.05) is 23.6 Å². The molecule has 0 radical (unpaired) electrons. The number of nitrogens with zero attached hydrogens (tertiary/aromatic N) is 2. The molecule has 1 atom stereocenters. The fraction of sp³-hybridized carbons (Fsp3) is 0.375. The Morgan fingerprint density at radius 1 is 1.17 bits per heavy atom. The lowest BCUT2D eigenvalue weighted by Crippen LogP contribution is -2.21. The first-order chi connectivity index (χ1) is 17.4. The summed E-state index contributed by atoms with van der Waals surface area (Å²) in [5, 5.41) is 6.51. The van der Waals surface area contributed by atoms with Gasteiger partial charge in [-0.2, -0.15) is 0 Å². The van der Waals surface area contributed by atoms with Gasteiger partial charge in [0.15, 0.2) is 0 Å². The van der Waals surface area contributed by atoms with Crippen molar-refractivity contribution in [2.24, 2.45) is 0 Å². The van der Waals surface area contributed by atoms with Crippen LogP contribution in [0.15, 0.2) is 42.7 Å². The number of aromatic nitrogens is 2. The van der Waals surface area contributed by atoms with Gasteiger partial charge in [-0.25, -0.2) is 14.4 Å². The molecule has 4 rings (SSSR count). The number of halogens is 1. The molecule has 0 aliphatic carbocycles. The predicted molar refractivity (Wildman–Crippen MR) is 133 cm³/mol. The van der Waals surface area contributed by atoms with E-state index in [0.717, 1.165) is 0 Å². The van der Waals surface area contributed by atoms with Crippen molar-refractivity contribution in [3.8, 4) is 5.75 Å². The van der Waals surface area contributed by atoms with Crippen LogP contribution in [0, 0.1) is 5.82 Å². The second-order valence-corrected chi connectivity index (χ2v) is 10.0. The van der Waals surface area contributed by atoms with Crippen molar-refractivity contribution < 1.29 is 32.3 Å². The summed E-state index contributed by atoms with van der Waals surface area (Å²) in [4.78, 5) is 21.6. The number of ether oxygens (including phenoxy) is 2. The highest BCUT2D eigenvalue weighted by Crippen LogP contribution is 2.48. The zero-order chi connectivity index (χ0) is 25.5. The van der Waals surface area contributed by atoms with Crippen molar-refractivity contribution in [1.82, 2.24) is 9.97 Å². The van der Waals surface area contributed by atoms with E-state index in [1.165, 1.54) is 18.5 Å². The highest BCUT2D eigenvalue weighted by molar-refractivity contribution is 7.54. The summed E-state index contributed by atoms with van der Waals surface area (Å²) in [7, 11) is -3.60. The first-order valence-electron chi connectivity index (χ1n) is 11.6. The summed E-state index contributed by atoms with van der Waals surface area (Å²) >= 11 is 0. The maximum absolute atomic E-state index is 13.3. The molecule has 10 nitrogen and oxygen atoms in total. The largest absolute Gasteiger partial charge is 0.486 e. The lowest BCUT2D eigenvalue weighted by Gasteiger charge is -2.19. The number of carbonyl (C=O) groups excluding carboxylic acids is 1. The number of nitrogens with one attached hydrogen (secondary N) is 2. The lowest BCUT2D eigenvalue weighted by atomic mass is 10.1. The van der Waals surface area contributed by atoms with Gasteiger partial charge in [-0.05, 0) is 44.2 Å². The predicted octanol–water partition coefficient (Wildman–Crippen LogP) is 4.88. The Morgan fingerprint density at radius 2 is 1.92 bits per heavy atom.